The second kappa shape index (κ2) is 12.1. The summed E-state index contributed by atoms with van der Waals surface area (Å²) in [4.78, 5) is 32.2. The highest BCUT2D eigenvalue weighted by atomic mass is 79.9. The minimum atomic E-state index is -0.652. The highest BCUT2D eigenvalue weighted by molar-refractivity contribution is 9.10. The summed E-state index contributed by atoms with van der Waals surface area (Å²) >= 11 is 4.73. The van der Waals surface area contributed by atoms with E-state index in [0.717, 1.165) is 15.6 Å². The van der Waals surface area contributed by atoms with Crippen LogP contribution in [0.4, 0.5) is 0 Å². The average Bonchev–Trinajstić information content (AvgIpc) is 3.30. The third kappa shape index (κ3) is 5.39. The molecule has 1 aliphatic rings. The first-order chi connectivity index (χ1) is 19.4. The van der Waals surface area contributed by atoms with Crippen molar-refractivity contribution < 1.29 is 19.0 Å². The van der Waals surface area contributed by atoms with Gasteiger partial charge in [0.15, 0.2) is 16.3 Å². The van der Waals surface area contributed by atoms with Crippen LogP contribution in [-0.4, -0.2) is 24.8 Å². The van der Waals surface area contributed by atoms with Crippen molar-refractivity contribution in [2.45, 2.75) is 26.0 Å². The van der Waals surface area contributed by atoms with Crippen LogP contribution < -0.4 is 24.4 Å². The lowest BCUT2D eigenvalue weighted by atomic mass is 9.95. The lowest BCUT2D eigenvalue weighted by Gasteiger charge is -2.25. The Morgan fingerprint density at radius 1 is 1.05 bits per heavy atom. The normalized spacial score (nSPS) is 14.9. The van der Waals surface area contributed by atoms with Crippen LogP contribution in [0.2, 0.25) is 0 Å². The summed E-state index contributed by atoms with van der Waals surface area (Å²) < 4.78 is 20.0. The Balaban J connectivity index is 1.65. The van der Waals surface area contributed by atoms with E-state index in [2.05, 4.69) is 15.9 Å². The van der Waals surface area contributed by atoms with Gasteiger partial charge >= 0.3 is 5.97 Å². The first-order valence-corrected chi connectivity index (χ1v) is 14.3. The number of benzene rings is 3. The Morgan fingerprint density at radius 3 is 2.48 bits per heavy atom. The topological polar surface area (TPSA) is 79.1 Å². The van der Waals surface area contributed by atoms with Gasteiger partial charge in [0.25, 0.3) is 5.56 Å². The van der Waals surface area contributed by atoms with Gasteiger partial charge in [-0.2, -0.15) is 0 Å². The Morgan fingerprint density at radius 2 is 1.80 bits per heavy atom. The molecule has 0 bridgehead atoms. The number of para-hydroxylation sites is 1. The number of nitrogens with zero attached hydrogens (tertiary/aromatic N) is 2. The van der Waals surface area contributed by atoms with Crippen molar-refractivity contribution in [2.75, 3.05) is 14.2 Å². The van der Waals surface area contributed by atoms with E-state index in [9.17, 15) is 9.59 Å². The van der Waals surface area contributed by atoms with Crippen LogP contribution >= 0.6 is 27.3 Å². The number of allylic oxidation sites excluding steroid dienone is 1. The van der Waals surface area contributed by atoms with Gasteiger partial charge in [-0.05, 0) is 41.8 Å². The van der Waals surface area contributed by atoms with Crippen LogP contribution in [0.1, 0.15) is 36.1 Å². The Kier molecular flexibility index (Phi) is 8.32. The zero-order valence-corrected chi connectivity index (χ0v) is 24.6. The van der Waals surface area contributed by atoms with E-state index in [-0.39, 0.29) is 5.56 Å². The minimum absolute atomic E-state index is 0.254. The maximum atomic E-state index is 14.0. The molecule has 204 valence electrons. The first kappa shape index (κ1) is 27.6. The van der Waals surface area contributed by atoms with E-state index < -0.39 is 12.0 Å². The van der Waals surface area contributed by atoms with Gasteiger partial charge in [0.2, 0.25) is 0 Å². The average molecular weight is 620 g/mol. The molecule has 5 rings (SSSR count). The first-order valence-electron chi connectivity index (χ1n) is 12.7. The summed E-state index contributed by atoms with van der Waals surface area (Å²) in [5, 5.41) is 0. The van der Waals surface area contributed by atoms with E-state index in [1.165, 1.54) is 18.4 Å². The van der Waals surface area contributed by atoms with Crippen LogP contribution in [-0.2, 0) is 16.1 Å². The van der Waals surface area contributed by atoms with E-state index in [4.69, 9.17) is 19.2 Å². The van der Waals surface area contributed by atoms with Crippen LogP contribution in [0, 0.1) is 0 Å². The number of carbonyl (C=O) groups is 1. The molecule has 40 heavy (non-hydrogen) atoms. The van der Waals surface area contributed by atoms with Crippen LogP contribution in [0.25, 0.3) is 6.08 Å². The molecule has 0 fully saturated rings. The summed E-state index contributed by atoms with van der Waals surface area (Å²) in [6, 6.07) is 22.2. The van der Waals surface area contributed by atoms with E-state index in [1.807, 2.05) is 79.7 Å². The molecule has 7 nitrogen and oxygen atoms in total. The summed E-state index contributed by atoms with van der Waals surface area (Å²) in [7, 11) is 2.92. The molecule has 1 aromatic heterocycles. The second-order valence-corrected chi connectivity index (χ2v) is 10.9. The zero-order chi connectivity index (χ0) is 28.2. The fourth-order valence-corrected chi connectivity index (χ4v) is 5.93. The van der Waals surface area contributed by atoms with Crippen molar-refractivity contribution in [2.24, 2.45) is 4.99 Å². The lowest BCUT2D eigenvalue weighted by Crippen LogP contribution is -2.40. The molecule has 9 heteroatoms. The predicted molar refractivity (Wildman–Crippen MR) is 158 cm³/mol. The molecule has 4 aromatic rings. The molecule has 2 heterocycles. The maximum Gasteiger partial charge on any atom is 0.338 e. The van der Waals surface area contributed by atoms with Gasteiger partial charge in [-0.25, -0.2) is 9.79 Å². The second-order valence-electron chi connectivity index (χ2n) is 8.99. The fraction of sp³-hybridized carbons (Fsp3) is 0.194. The molecule has 0 saturated carbocycles. The number of thiazole rings is 1. The number of fused-ring (bicyclic) bond motifs is 1. The number of halogens is 1. The van der Waals surface area contributed by atoms with Crippen LogP contribution in [0.5, 0.6) is 11.5 Å². The third-order valence-corrected chi connectivity index (χ3v) is 8.09. The molecule has 0 amide bonds. The van der Waals surface area contributed by atoms with Gasteiger partial charge in [0.1, 0.15) is 6.61 Å². The monoisotopic (exact) mass is 618 g/mol. The molecule has 1 aliphatic heterocycles. The van der Waals surface area contributed by atoms with Crippen molar-refractivity contribution in [3.8, 4) is 11.5 Å². The Hall–Kier alpha value is -3.95. The summed E-state index contributed by atoms with van der Waals surface area (Å²) in [5.74, 6) is 0.588. The fourth-order valence-electron chi connectivity index (χ4n) is 4.65. The van der Waals surface area contributed by atoms with Gasteiger partial charge in [0.05, 0.1) is 36.1 Å². The number of rotatable bonds is 8. The van der Waals surface area contributed by atoms with Crippen molar-refractivity contribution in [1.82, 2.24) is 4.57 Å². The number of methoxy groups -OCH3 is 2. The third-order valence-electron chi connectivity index (χ3n) is 6.58. The molecule has 0 radical (unpaired) electrons. The highest BCUT2D eigenvalue weighted by Gasteiger charge is 2.33. The van der Waals surface area contributed by atoms with Crippen molar-refractivity contribution >= 4 is 39.3 Å². The Bertz CT molecular complexity index is 1760. The van der Waals surface area contributed by atoms with Crippen LogP contribution in [0.15, 0.2) is 98.3 Å². The maximum absolute atomic E-state index is 14.0. The van der Waals surface area contributed by atoms with Crippen molar-refractivity contribution in [1.29, 1.82) is 0 Å². The summed E-state index contributed by atoms with van der Waals surface area (Å²) in [6.45, 7) is 2.26. The quantitative estimate of drug-likeness (QED) is 0.255. The number of aromatic nitrogens is 1. The van der Waals surface area contributed by atoms with Gasteiger partial charge in [0, 0.05) is 10.0 Å². The predicted octanol–water partition coefficient (Wildman–Crippen LogP) is 5.15. The molecule has 0 aliphatic carbocycles. The molecule has 0 N–H and O–H groups in total. The lowest BCUT2D eigenvalue weighted by molar-refractivity contribution is -0.136. The number of hydrogen-bond acceptors (Lipinski definition) is 7. The molecular formula is C31H27BrN2O5S. The molecule has 1 atom stereocenters. The summed E-state index contributed by atoms with van der Waals surface area (Å²) in [6.07, 6.45) is 2.31. The number of esters is 1. The summed E-state index contributed by atoms with van der Waals surface area (Å²) in [5.41, 5.74) is 3.21. The van der Waals surface area contributed by atoms with E-state index in [0.29, 0.717) is 50.7 Å². The highest BCUT2D eigenvalue weighted by Crippen LogP contribution is 2.33. The zero-order valence-electron chi connectivity index (χ0n) is 22.2. The number of carbonyl (C=O) groups excluding carboxylic acids is 1. The molecule has 0 saturated heterocycles. The minimum Gasteiger partial charge on any atom is -0.493 e. The molecule has 0 spiro atoms. The smallest absolute Gasteiger partial charge is 0.338 e. The number of hydrogen-bond donors (Lipinski definition) is 0. The van der Waals surface area contributed by atoms with Gasteiger partial charge in [-0.3, -0.25) is 9.36 Å². The van der Waals surface area contributed by atoms with Crippen molar-refractivity contribution in [3.05, 3.63) is 125 Å². The SMILES string of the molecule is CCC1=C(C(=O)OC)[C@@H](c2ccccc2)n2c(s/c(=C/c3cccc(OC)c3OCc3ccc(Br)cc3)c2=O)=N1. The Labute approximate surface area is 243 Å². The van der Waals surface area contributed by atoms with Crippen molar-refractivity contribution in [3.63, 3.8) is 0 Å². The molecule has 0 unspecified atom stereocenters. The van der Waals surface area contributed by atoms with E-state index in [1.54, 1.807) is 17.8 Å². The van der Waals surface area contributed by atoms with Gasteiger partial charge in [-0.1, -0.05) is 88.8 Å². The standard InChI is InChI=1S/C31H27BrN2O5S/c1-4-23-26(30(36)38-3)27(20-9-6-5-7-10-20)34-29(35)25(40-31(34)33-23)17-21-11-8-12-24(37-2)28(21)39-18-19-13-15-22(32)16-14-19/h5-17,27H,4,18H2,1-3H3/b25-17+/t27-/m1/s1. The van der Waals surface area contributed by atoms with Gasteiger partial charge < -0.3 is 14.2 Å². The molecule has 3 aromatic carbocycles. The largest absolute Gasteiger partial charge is 0.493 e. The van der Waals surface area contributed by atoms with Crippen LogP contribution in [0.3, 0.4) is 0 Å². The number of ether oxygens (including phenoxy) is 3. The molecular weight excluding hydrogens is 592 g/mol. The van der Waals surface area contributed by atoms with Gasteiger partial charge in [-0.15, -0.1) is 0 Å². The van der Waals surface area contributed by atoms with E-state index >= 15 is 0 Å².